The fraction of sp³-hybridized carbons (Fsp3) is 0.167. The van der Waals surface area contributed by atoms with Crippen molar-refractivity contribution >= 4 is 28.5 Å². The highest BCUT2D eigenvalue weighted by molar-refractivity contribution is 6.31. The van der Waals surface area contributed by atoms with Crippen LogP contribution in [0.25, 0.3) is 16.6 Å². The lowest BCUT2D eigenvalue weighted by Crippen LogP contribution is -2.37. The quantitative estimate of drug-likeness (QED) is 0.364. The Labute approximate surface area is 202 Å². The van der Waals surface area contributed by atoms with Gasteiger partial charge in [0.25, 0.3) is 0 Å². The maximum absolute atomic E-state index is 13.4. The molecule has 0 saturated heterocycles. The zero-order valence-corrected chi connectivity index (χ0v) is 18.8. The Balaban J connectivity index is 1.50. The summed E-state index contributed by atoms with van der Waals surface area (Å²) in [7, 11) is 0. The van der Waals surface area contributed by atoms with E-state index < -0.39 is 17.9 Å². The van der Waals surface area contributed by atoms with Gasteiger partial charge < -0.3 is 9.88 Å². The van der Waals surface area contributed by atoms with Crippen molar-refractivity contribution in [3.8, 4) is 5.69 Å². The van der Waals surface area contributed by atoms with Crippen molar-refractivity contribution in [3.63, 3.8) is 0 Å². The van der Waals surface area contributed by atoms with E-state index in [1.807, 2.05) is 47.4 Å². The second-order valence-electron chi connectivity index (χ2n) is 8.25. The average Bonchev–Trinajstić information content (AvgIpc) is 3.51. The molecule has 0 amide bonds. The van der Waals surface area contributed by atoms with Crippen molar-refractivity contribution in [2.75, 3.05) is 11.4 Å². The molecule has 1 N–H and O–H groups in total. The summed E-state index contributed by atoms with van der Waals surface area (Å²) in [5.41, 5.74) is 3.64. The summed E-state index contributed by atoms with van der Waals surface area (Å²) in [6.07, 6.45) is 0.380. The molecule has 6 rings (SSSR count). The summed E-state index contributed by atoms with van der Waals surface area (Å²) in [5.74, 6) is 0.0232. The monoisotopic (exact) mass is 495 g/mol. The molecule has 11 heteroatoms. The van der Waals surface area contributed by atoms with Crippen LogP contribution < -0.4 is 4.90 Å². The summed E-state index contributed by atoms with van der Waals surface area (Å²) in [6, 6.07) is 13.8. The Morgan fingerprint density at radius 3 is 2.51 bits per heavy atom. The van der Waals surface area contributed by atoms with Gasteiger partial charge in [0.05, 0.1) is 6.04 Å². The van der Waals surface area contributed by atoms with Gasteiger partial charge in [-0.05, 0) is 53.9 Å². The van der Waals surface area contributed by atoms with E-state index in [-0.39, 0.29) is 5.95 Å². The lowest BCUT2D eigenvalue weighted by Gasteiger charge is -2.36. The Bertz CT molecular complexity index is 1510. The van der Waals surface area contributed by atoms with Gasteiger partial charge in [-0.15, -0.1) is 10.2 Å². The SMILES string of the molecule is FC(F)(F)c1ccnc(N2CCc3c([nH]c4ccc(Cl)cc34)C2c2ccc(-n3cnnc3)cc2)n1. The number of H-pyrrole nitrogens is 1. The van der Waals surface area contributed by atoms with E-state index in [0.717, 1.165) is 45.7 Å². The number of aromatic nitrogens is 6. The number of benzene rings is 2. The smallest absolute Gasteiger partial charge is 0.356 e. The molecule has 0 fully saturated rings. The van der Waals surface area contributed by atoms with E-state index in [1.165, 1.54) is 0 Å². The van der Waals surface area contributed by atoms with Crippen molar-refractivity contribution in [3.05, 3.63) is 94.9 Å². The van der Waals surface area contributed by atoms with Gasteiger partial charge in [0.1, 0.15) is 18.3 Å². The molecule has 4 heterocycles. The number of alkyl halides is 3. The summed E-state index contributed by atoms with van der Waals surface area (Å²) in [6.45, 7) is 0.436. The number of halogens is 4. The van der Waals surface area contributed by atoms with E-state index in [1.54, 1.807) is 17.2 Å². The third kappa shape index (κ3) is 3.79. The topological polar surface area (TPSA) is 75.5 Å². The fourth-order valence-electron chi connectivity index (χ4n) is 4.63. The Morgan fingerprint density at radius 1 is 1.00 bits per heavy atom. The van der Waals surface area contributed by atoms with Crippen LogP contribution in [0.3, 0.4) is 0 Å². The van der Waals surface area contributed by atoms with E-state index in [4.69, 9.17) is 11.6 Å². The molecule has 35 heavy (non-hydrogen) atoms. The van der Waals surface area contributed by atoms with Crippen LogP contribution in [-0.2, 0) is 12.6 Å². The van der Waals surface area contributed by atoms with Crippen molar-refractivity contribution in [1.82, 2.24) is 29.7 Å². The Morgan fingerprint density at radius 2 is 1.77 bits per heavy atom. The zero-order valence-electron chi connectivity index (χ0n) is 18.0. The van der Waals surface area contributed by atoms with Crippen LogP contribution >= 0.6 is 11.6 Å². The van der Waals surface area contributed by atoms with E-state index >= 15 is 0 Å². The average molecular weight is 496 g/mol. The van der Waals surface area contributed by atoms with Crippen LogP contribution in [0.15, 0.2) is 67.4 Å². The number of fused-ring (bicyclic) bond motifs is 3. The van der Waals surface area contributed by atoms with Gasteiger partial charge in [0.2, 0.25) is 5.95 Å². The van der Waals surface area contributed by atoms with Gasteiger partial charge in [0, 0.05) is 40.0 Å². The number of hydrogen-bond acceptors (Lipinski definition) is 5. The predicted octanol–water partition coefficient (Wildman–Crippen LogP) is 5.36. The van der Waals surface area contributed by atoms with Crippen LogP contribution in [0.1, 0.15) is 28.6 Å². The minimum absolute atomic E-state index is 0.0232. The van der Waals surface area contributed by atoms with Crippen LogP contribution in [0.5, 0.6) is 0 Å². The molecular weight excluding hydrogens is 479 g/mol. The first-order valence-electron chi connectivity index (χ1n) is 10.8. The minimum Gasteiger partial charge on any atom is -0.356 e. The molecular formula is C24H17ClF3N7. The van der Waals surface area contributed by atoms with Gasteiger partial charge >= 0.3 is 6.18 Å². The second kappa shape index (κ2) is 8.09. The van der Waals surface area contributed by atoms with Crippen molar-refractivity contribution in [2.45, 2.75) is 18.6 Å². The minimum atomic E-state index is -4.56. The molecule has 0 saturated carbocycles. The van der Waals surface area contributed by atoms with Crippen molar-refractivity contribution in [1.29, 1.82) is 0 Å². The number of rotatable bonds is 3. The van der Waals surface area contributed by atoms with Gasteiger partial charge in [-0.25, -0.2) is 9.97 Å². The molecule has 5 aromatic rings. The Kier molecular flexibility index (Phi) is 4.99. The molecule has 0 spiro atoms. The molecule has 0 aliphatic carbocycles. The normalized spacial score (nSPS) is 16.0. The molecule has 1 aliphatic heterocycles. The molecule has 176 valence electrons. The van der Waals surface area contributed by atoms with Crippen molar-refractivity contribution in [2.24, 2.45) is 0 Å². The first kappa shape index (κ1) is 21.6. The highest BCUT2D eigenvalue weighted by Gasteiger charge is 2.36. The molecule has 3 aromatic heterocycles. The van der Waals surface area contributed by atoms with Crippen molar-refractivity contribution < 1.29 is 13.2 Å². The van der Waals surface area contributed by atoms with E-state index in [0.29, 0.717) is 18.0 Å². The maximum atomic E-state index is 13.4. The number of hydrogen-bond donors (Lipinski definition) is 1. The van der Waals surface area contributed by atoms with Gasteiger partial charge in [-0.1, -0.05) is 23.7 Å². The molecule has 1 unspecified atom stereocenters. The van der Waals surface area contributed by atoms with Crippen LogP contribution in [-0.4, -0.2) is 36.3 Å². The molecule has 0 bridgehead atoms. The fourth-order valence-corrected chi connectivity index (χ4v) is 4.80. The van der Waals surface area contributed by atoms with Gasteiger partial charge in [-0.2, -0.15) is 13.2 Å². The number of nitrogens with zero attached hydrogens (tertiary/aromatic N) is 6. The van der Waals surface area contributed by atoms with E-state index in [9.17, 15) is 13.2 Å². The lowest BCUT2D eigenvalue weighted by molar-refractivity contribution is -0.141. The molecule has 1 atom stereocenters. The van der Waals surface area contributed by atoms with Crippen LogP contribution in [0, 0.1) is 0 Å². The number of anilines is 1. The second-order valence-corrected chi connectivity index (χ2v) is 8.69. The zero-order chi connectivity index (χ0) is 24.2. The number of nitrogens with one attached hydrogen (secondary N) is 1. The van der Waals surface area contributed by atoms with Gasteiger partial charge in [-0.3, -0.25) is 4.57 Å². The van der Waals surface area contributed by atoms with E-state index in [2.05, 4.69) is 25.1 Å². The first-order chi connectivity index (χ1) is 16.9. The third-order valence-electron chi connectivity index (χ3n) is 6.20. The van der Waals surface area contributed by atoms with Gasteiger partial charge in [0.15, 0.2) is 0 Å². The number of aromatic amines is 1. The summed E-state index contributed by atoms with van der Waals surface area (Å²) < 4.78 is 42.0. The summed E-state index contributed by atoms with van der Waals surface area (Å²) >= 11 is 6.26. The third-order valence-corrected chi connectivity index (χ3v) is 6.44. The Hall–Kier alpha value is -3.92. The standard InChI is InChI=1S/C24H17ClF3N7/c25-15-3-6-19-18(11-15)17-8-10-35(23-29-9-7-20(33-23)24(26,27)28)22(21(17)32-19)14-1-4-16(5-2-14)34-12-30-31-13-34/h1-7,9,11-13,22,32H,8,10H2. The molecule has 2 aromatic carbocycles. The molecule has 0 radical (unpaired) electrons. The summed E-state index contributed by atoms with van der Waals surface area (Å²) in [4.78, 5) is 13.4. The highest BCUT2D eigenvalue weighted by Crippen LogP contribution is 2.41. The maximum Gasteiger partial charge on any atom is 0.433 e. The lowest BCUT2D eigenvalue weighted by atomic mass is 9.92. The highest BCUT2D eigenvalue weighted by atomic mass is 35.5. The molecule has 1 aliphatic rings. The molecule has 7 nitrogen and oxygen atoms in total. The van der Waals surface area contributed by atoms with Crippen LogP contribution in [0.2, 0.25) is 5.02 Å². The summed E-state index contributed by atoms with van der Waals surface area (Å²) in [5, 5.41) is 9.29. The van der Waals surface area contributed by atoms with Crippen LogP contribution in [0.4, 0.5) is 19.1 Å². The first-order valence-corrected chi connectivity index (χ1v) is 11.2. The largest absolute Gasteiger partial charge is 0.433 e. The predicted molar refractivity (Wildman–Crippen MR) is 125 cm³/mol.